The van der Waals surface area contributed by atoms with E-state index in [0.29, 0.717) is 19.4 Å². The highest BCUT2D eigenvalue weighted by molar-refractivity contribution is 7.98. The molecule has 0 unspecified atom stereocenters. The molecule has 136 valence electrons. The van der Waals surface area contributed by atoms with Crippen molar-refractivity contribution in [3.05, 3.63) is 54.0 Å². The number of nitrogens with one attached hydrogen (secondary N) is 2. The van der Waals surface area contributed by atoms with Crippen molar-refractivity contribution in [2.24, 2.45) is 0 Å². The summed E-state index contributed by atoms with van der Waals surface area (Å²) in [6.45, 7) is 0.615. The molecule has 0 aliphatic carbocycles. The molecule has 1 aromatic heterocycles. The molecule has 0 spiro atoms. The Hall–Kier alpha value is -1.77. The lowest BCUT2D eigenvalue weighted by Crippen LogP contribution is -2.25. The van der Waals surface area contributed by atoms with Gasteiger partial charge < -0.3 is 9.73 Å². The maximum Gasteiger partial charge on any atom is 0.240 e. The van der Waals surface area contributed by atoms with Gasteiger partial charge in [0.25, 0.3) is 0 Å². The van der Waals surface area contributed by atoms with Gasteiger partial charge in [-0.1, -0.05) is 12.1 Å². The molecule has 25 heavy (non-hydrogen) atoms. The third-order valence-electron chi connectivity index (χ3n) is 3.54. The second kappa shape index (κ2) is 9.65. The molecule has 1 amide bonds. The predicted molar refractivity (Wildman–Crippen MR) is 98.9 cm³/mol. The van der Waals surface area contributed by atoms with Crippen LogP contribution >= 0.6 is 11.8 Å². The van der Waals surface area contributed by atoms with Crippen molar-refractivity contribution in [3.63, 3.8) is 0 Å². The van der Waals surface area contributed by atoms with Crippen LogP contribution in [0.5, 0.6) is 0 Å². The van der Waals surface area contributed by atoms with Crippen LogP contribution in [0.4, 0.5) is 0 Å². The van der Waals surface area contributed by atoms with Gasteiger partial charge in [0.2, 0.25) is 15.9 Å². The van der Waals surface area contributed by atoms with Crippen LogP contribution in [0.15, 0.2) is 52.0 Å². The first-order chi connectivity index (χ1) is 12.0. The molecular formula is C17H22N2O4S2. The van der Waals surface area contributed by atoms with E-state index in [1.165, 1.54) is 7.05 Å². The number of aryl methyl sites for hydroxylation is 1. The zero-order valence-electron chi connectivity index (χ0n) is 14.0. The predicted octanol–water partition coefficient (Wildman–Crippen LogP) is 2.17. The fourth-order valence-corrected chi connectivity index (χ4v) is 3.62. The fraction of sp³-hybridized carbons (Fsp3) is 0.353. The van der Waals surface area contributed by atoms with E-state index >= 15 is 0 Å². The van der Waals surface area contributed by atoms with Gasteiger partial charge in [0.1, 0.15) is 5.76 Å². The highest BCUT2D eigenvalue weighted by Crippen LogP contribution is 2.12. The van der Waals surface area contributed by atoms with Crippen LogP contribution < -0.4 is 10.0 Å². The van der Waals surface area contributed by atoms with Gasteiger partial charge in [-0.2, -0.15) is 11.8 Å². The van der Waals surface area contributed by atoms with Crippen molar-refractivity contribution in [1.29, 1.82) is 0 Å². The molecule has 0 bridgehead atoms. The van der Waals surface area contributed by atoms with Crippen LogP contribution in [0.1, 0.15) is 17.7 Å². The number of amides is 1. The number of rotatable bonds is 10. The van der Waals surface area contributed by atoms with E-state index < -0.39 is 10.0 Å². The summed E-state index contributed by atoms with van der Waals surface area (Å²) in [6.07, 6.45) is 2.60. The van der Waals surface area contributed by atoms with Crippen molar-refractivity contribution in [2.45, 2.75) is 23.5 Å². The third-order valence-corrected chi connectivity index (χ3v) is 5.95. The lowest BCUT2D eigenvalue weighted by atomic mass is 10.1. The van der Waals surface area contributed by atoms with Crippen molar-refractivity contribution in [3.8, 4) is 0 Å². The molecule has 0 fully saturated rings. The Morgan fingerprint density at radius 1 is 1.20 bits per heavy atom. The van der Waals surface area contributed by atoms with Crippen molar-refractivity contribution in [1.82, 2.24) is 10.0 Å². The molecule has 2 N–H and O–H groups in total. The number of hydrogen-bond donors (Lipinski definition) is 2. The first kappa shape index (κ1) is 19.6. The van der Waals surface area contributed by atoms with Crippen LogP contribution in [-0.4, -0.2) is 33.7 Å². The molecule has 0 aliphatic heterocycles. The smallest absolute Gasteiger partial charge is 0.240 e. The number of hydrogen-bond acceptors (Lipinski definition) is 5. The van der Waals surface area contributed by atoms with E-state index in [2.05, 4.69) is 10.0 Å². The van der Waals surface area contributed by atoms with Crippen LogP contribution in [0.25, 0.3) is 0 Å². The van der Waals surface area contributed by atoms with Gasteiger partial charge in [-0.25, -0.2) is 13.1 Å². The Balaban J connectivity index is 1.64. The second-order valence-corrected chi connectivity index (χ2v) is 8.33. The summed E-state index contributed by atoms with van der Waals surface area (Å²) in [5, 5.41) is 2.88. The van der Waals surface area contributed by atoms with Crippen LogP contribution in [-0.2, 0) is 27.0 Å². The van der Waals surface area contributed by atoms with E-state index in [9.17, 15) is 13.2 Å². The number of carbonyl (C=O) groups excluding carboxylic acids is 1. The lowest BCUT2D eigenvalue weighted by molar-refractivity contribution is -0.120. The zero-order chi connectivity index (χ0) is 18.1. The monoisotopic (exact) mass is 382 g/mol. The standard InChI is InChI=1S/C17H22N2O4S2/c1-18-25(21,22)16-7-4-14(5-8-16)6-9-17(20)19-10-12-24-13-15-3-2-11-23-15/h2-5,7-8,11,18H,6,9-10,12-13H2,1H3,(H,19,20). The van der Waals surface area contributed by atoms with Gasteiger partial charge in [0, 0.05) is 18.7 Å². The summed E-state index contributed by atoms with van der Waals surface area (Å²) in [7, 11) is -2.04. The molecule has 6 nitrogen and oxygen atoms in total. The number of thioether (sulfide) groups is 1. The minimum absolute atomic E-state index is 0.00878. The first-order valence-corrected chi connectivity index (χ1v) is 10.5. The normalized spacial score (nSPS) is 11.4. The first-order valence-electron chi connectivity index (χ1n) is 7.90. The van der Waals surface area contributed by atoms with Crippen molar-refractivity contribution in [2.75, 3.05) is 19.3 Å². The maximum atomic E-state index is 11.8. The number of sulfonamides is 1. The van der Waals surface area contributed by atoms with E-state index in [0.717, 1.165) is 22.8 Å². The number of furan rings is 1. The lowest BCUT2D eigenvalue weighted by Gasteiger charge is -2.06. The van der Waals surface area contributed by atoms with E-state index in [1.807, 2.05) is 12.1 Å². The van der Waals surface area contributed by atoms with Gasteiger partial charge in [0.15, 0.2) is 0 Å². The van der Waals surface area contributed by atoms with Crippen LogP contribution in [0.2, 0.25) is 0 Å². The van der Waals surface area contributed by atoms with Crippen LogP contribution in [0.3, 0.4) is 0 Å². The maximum absolute atomic E-state index is 11.8. The topological polar surface area (TPSA) is 88.4 Å². The van der Waals surface area contributed by atoms with Gasteiger partial charge in [-0.15, -0.1) is 0 Å². The molecular weight excluding hydrogens is 360 g/mol. The Kier molecular flexibility index (Phi) is 7.54. The van der Waals surface area contributed by atoms with Gasteiger partial charge >= 0.3 is 0 Å². The summed E-state index contributed by atoms with van der Waals surface area (Å²) in [5.41, 5.74) is 0.928. The molecule has 1 aromatic carbocycles. The fourth-order valence-electron chi connectivity index (χ4n) is 2.13. The summed E-state index contributed by atoms with van der Waals surface area (Å²) in [6, 6.07) is 10.3. The van der Waals surface area contributed by atoms with Crippen molar-refractivity contribution < 1.29 is 17.6 Å². The Bertz CT molecular complexity index is 756. The third kappa shape index (κ3) is 6.56. The van der Waals surface area contributed by atoms with E-state index in [4.69, 9.17) is 4.42 Å². The molecule has 2 aromatic rings. The summed E-state index contributed by atoms with van der Waals surface area (Å²) >= 11 is 1.70. The molecule has 0 saturated heterocycles. The number of benzene rings is 1. The molecule has 2 rings (SSSR count). The minimum atomic E-state index is -3.42. The van der Waals surface area contributed by atoms with Gasteiger partial charge in [0.05, 0.1) is 16.9 Å². The largest absolute Gasteiger partial charge is 0.468 e. The molecule has 8 heteroatoms. The van der Waals surface area contributed by atoms with Gasteiger partial charge in [-0.05, 0) is 43.3 Å². The molecule has 1 heterocycles. The average Bonchev–Trinajstić information content (AvgIpc) is 3.13. The zero-order valence-corrected chi connectivity index (χ0v) is 15.7. The van der Waals surface area contributed by atoms with Crippen molar-refractivity contribution >= 4 is 27.7 Å². The summed E-state index contributed by atoms with van der Waals surface area (Å²) in [5.74, 6) is 2.54. The van der Waals surface area contributed by atoms with E-state index in [1.54, 1.807) is 42.3 Å². The average molecular weight is 383 g/mol. The second-order valence-electron chi connectivity index (χ2n) is 5.33. The molecule has 0 radical (unpaired) electrons. The summed E-state index contributed by atoms with van der Waals surface area (Å²) in [4.78, 5) is 12.1. The SMILES string of the molecule is CNS(=O)(=O)c1ccc(CCC(=O)NCCSCc2ccco2)cc1. The highest BCUT2D eigenvalue weighted by atomic mass is 32.2. The summed E-state index contributed by atoms with van der Waals surface area (Å²) < 4.78 is 30.8. The Morgan fingerprint density at radius 3 is 2.60 bits per heavy atom. The molecule has 0 aliphatic rings. The minimum Gasteiger partial charge on any atom is -0.468 e. The van der Waals surface area contributed by atoms with E-state index in [-0.39, 0.29) is 10.8 Å². The number of carbonyl (C=O) groups is 1. The van der Waals surface area contributed by atoms with Gasteiger partial charge in [-0.3, -0.25) is 4.79 Å². The Labute approximate surface area is 152 Å². The highest BCUT2D eigenvalue weighted by Gasteiger charge is 2.10. The Morgan fingerprint density at radius 2 is 1.96 bits per heavy atom. The molecule has 0 saturated carbocycles. The quantitative estimate of drug-likeness (QED) is 0.615. The molecule has 0 atom stereocenters. The van der Waals surface area contributed by atoms with Crippen LogP contribution in [0, 0.1) is 0 Å².